The molecule has 1 atom stereocenters. The second-order valence-electron chi connectivity index (χ2n) is 8.40. The monoisotopic (exact) mass is 369 g/mol. The zero-order chi connectivity index (χ0) is 19.0. The van der Waals surface area contributed by atoms with Crippen molar-refractivity contribution in [2.24, 2.45) is 0 Å². The van der Waals surface area contributed by atoms with Crippen molar-refractivity contribution < 1.29 is 9.21 Å². The van der Waals surface area contributed by atoms with E-state index in [4.69, 9.17) is 4.42 Å². The van der Waals surface area contributed by atoms with Gasteiger partial charge < -0.3 is 14.6 Å². The predicted octanol–water partition coefficient (Wildman–Crippen LogP) is 3.34. The van der Waals surface area contributed by atoms with Gasteiger partial charge in [0, 0.05) is 29.6 Å². The third-order valence-electron chi connectivity index (χ3n) is 6.29. The fourth-order valence-corrected chi connectivity index (χ4v) is 4.62. The smallest absolute Gasteiger partial charge is 0.287 e. The highest BCUT2D eigenvalue weighted by Crippen LogP contribution is 2.27. The van der Waals surface area contributed by atoms with Crippen LogP contribution in [0.1, 0.15) is 47.4 Å². The first-order valence-electron chi connectivity index (χ1n) is 10.2. The number of fused-ring (bicyclic) bond motifs is 1. The molecule has 5 heteroatoms. The molecule has 2 aromatic rings. The number of benzene rings is 1. The summed E-state index contributed by atoms with van der Waals surface area (Å²) in [6, 6.07) is 6.98. The largest absolute Gasteiger partial charge is 0.451 e. The summed E-state index contributed by atoms with van der Waals surface area (Å²) in [6.07, 6.45) is 4.67. The van der Waals surface area contributed by atoms with Gasteiger partial charge in [-0.1, -0.05) is 12.1 Å². The number of hydrogen-bond acceptors (Lipinski definition) is 4. The van der Waals surface area contributed by atoms with Gasteiger partial charge in [0.25, 0.3) is 5.91 Å². The molecule has 4 rings (SSSR count). The lowest BCUT2D eigenvalue weighted by Crippen LogP contribution is -2.53. The van der Waals surface area contributed by atoms with Crippen molar-refractivity contribution in [2.45, 2.75) is 51.6 Å². The summed E-state index contributed by atoms with van der Waals surface area (Å²) >= 11 is 0. The average Bonchev–Trinajstić information content (AvgIpc) is 2.98. The van der Waals surface area contributed by atoms with E-state index in [1.807, 2.05) is 26.0 Å². The lowest BCUT2D eigenvalue weighted by molar-refractivity contribution is 0.0750. The first-order valence-corrected chi connectivity index (χ1v) is 10.2. The molecule has 1 N–H and O–H groups in total. The number of nitrogens with zero attached hydrogens (tertiary/aromatic N) is 2. The number of carbonyl (C=O) groups excluding carboxylic acids is 1. The molecule has 146 valence electrons. The first-order chi connectivity index (χ1) is 13.0. The summed E-state index contributed by atoms with van der Waals surface area (Å²) in [7, 11) is 2.20. The van der Waals surface area contributed by atoms with E-state index in [2.05, 4.69) is 28.2 Å². The van der Waals surface area contributed by atoms with Crippen molar-refractivity contribution in [2.75, 3.05) is 33.2 Å². The number of aryl methyl sites for hydroxylation is 2. The van der Waals surface area contributed by atoms with Crippen molar-refractivity contribution in [3.63, 3.8) is 0 Å². The van der Waals surface area contributed by atoms with E-state index in [0.717, 1.165) is 48.0 Å². The fourth-order valence-electron chi connectivity index (χ4n) is 4.62. The van der Waals surface area contributed by atoms with Crippen LogP contribution in [0.3, 0.4) is 0 Å². The van der Waals surface area contributed by atoms with Crippen molar-refractivity contribution in [1.29, 1.82) is 0 Å². The molecule has 1 amide bonds. The maximum Gasteiger partial charge on any atom is 0.287 e. The Balaban J connectivity index is 1.42. The Morgan fingerprint density at radius 2 is 1.93 bits per heavy atom. The van der Waals surface area contributed by atoms with Gasteiger partial charge in [-0.2, -0.15) is 0 Å². The Kier molecular flexibility index (Phi) is 5.24. The van der Waals surface area contributed by atoms with Crippen LogP contribution in [0.15, 0.2) is 22.6 Å². The summed E-state index contributed by atoms with van der Waals surface area (Å²) in [5, 5.41) is 4.27. The maximum atomic E-state index is 12.9. The summed E-state index contributed by atoms with van der Waals surface area (Å²) < 4.78 is 5.91. The highest BCUT2D eigenvalue weighted by atomic mass is 16.3. The van der Waals surface area contributed by atoms with Crippen LogP contribution in [0.2, 0.25) is 0 Å². The quantitative estimate of drug-likeness (QED) is 0.901. The van der Waals surface area contributed by atoms with E-state index >= 15 is 0 Å². The number of furan rings is 1. The minimum absolute atomic E-state index is 0.0726. The zero-order valence-corrected chi connectivity index (χ0v) is 16.8. The van der Waals surface area contributed by atoms with E-state index in [1.54, 1.807) is 0 Å². The van der Waals surface area contributed by atoms with Gasteiger partial charge in [0.05, 0.1) is 0 Å². The third-order valence-corrected chi connectivity index (χ3v) is 6.29. The van der Waals surface area contributed by atoms with Crippen molar-refractivity contribution in [1.82, 2.24) is 15.1 Å². The number of amides is 1. The number of hydrogen-bond donors (Lipinski definition) is 1. The lowest BCUT2D eigenvalue weighted by atomic mass is 9.98. The molecule has 0 saturated carbocycles. The average molecular weight is 370 g/mol. The van der Waals surface area contributed by atoms with Crippen LogP contribution < -0.4 is 5.32 Å². The molecule has 2 aliphatic heterocycles. The second kappa shape index (κ2) is 7.64. The molecule has 1 aromatic carbocycles. The number of likely N-dealkylation sites (tertiary alicyclic amines) is 2. The summed E-state index contributed by atoms with van der Waals surface area (Å²) in [4.78, 5) is 17.9. The number of rotatable bonds is 3. The standard InChI is InChI=1S/C22H31N3O2/c1-15-6-7-19-16(2)21(27-20(19)13-15)22(26)23-17-5-4-10-25(14-17)18-8-11-24(3)12-9-18/h6-7,13,17-18H,4-5,8-12,14H2,1-3H3,(H,23,26)/t17-/m1/s1. The van der Waals surface area contributed by atoms with Crippen LogP contribution in [0, 0.1) is 13.8 Å². The number of carbonyl (C=O) groups is 1. The molecule has 0 aliphatic carbocycles. The van der Waals surface area contributed by atoms with Gasteiger partial charge in [-0.3, -0.25) is 9.69 Å². The van der Waals surface area contributed by atoms with Gasteiger partial charge in [0.1, 0.15) is 5.58 Å². The number of nitrogens with one attached hydrogen (secondary N) is 1. The fraction of sp³-hybridized carbons (Fsp3) is 0.591. The SMILES string of the molecule is Cc1ccc2c(C)c(C(=O)N[C@@H]3CCCN(C4CCN(C)CC4)C3)oc2c1. The molecule has 27 heavy (non-hydrogen) atoms. The van der Waals surface area contributed by atoms with Crippen molar-refractivity contribution in [3.8, 4) is 0 Å². The normalized spacial score (nSPS) is 23.0. The van der Waals surface area contributed by atoms with Gasteiger partial charge in [0.15, 0.2) is 5.76 Å². The summed E-state index contributed by atoms with van der Waals surface area (Å²) in [6.45, 7) is 8.48. The second-order valence-corrected chi connectivity index (χ2v) is 8.40. The highest BCUT2D eigenvalue weighted by molar-refractivity contribution is 5.99. The Hall–Kier alpha value is -1.85. The van der Waals surface area contributed by atoms with Crippen LogP contribution in [0.5, 0.6) is 0 Å². The molecule has 1 aromatic heterocycles. The Morgan fingerprint density at radius 3 is 2.70 bits per heavy atom. The lowest BCUT2D eigenvalue weighted by Gasteiger charge is -2.41. The molecule has 2 aliphatic rings. The van der Waals surface area contributed by atoms with Crippen LogP contribution in [0.25, 0.3) is 11.0 Å². The molecule has 2 fully saturated rings. The molecule has 3 heterocycles. The Morgan fingerprint density at radius 1 is 1.15 bits per heavy atom. The van der Waals surface area contributed by atoms with E-state index in [1.165, 1.54) is 25.9 Å². The first kappa shape index (κ1) is 18.5. The van der Waals surface area contributed by atoms with Gasteiger partial charge in [-0.05, 0) is 77.8 Å². The van der Waals surface area contributed by atoms with E-state index in [0.29, 0.717) is 11.8 Å². The Labute approximate surface area is 161 Å². The molecular weight excluding hydrogens is 338 g/mol. The van der Waals surface area contributed by atoms with Crippen LogP contribution in [-0.4, -0.2) is 61.0 Å². The summed E-state index contributed by atoms with van der Waals surface area (Å²) in [5.74, 6) is 0.392. The Bertz CT molecular complexity index is 820. The molecule has 0 unspecified atom stereocenters. The van der Waals surface area contributed by atoms with Crippen LogP contribution >= 0.6 is 0 Å². The summed E-state index contributed by atoms with van der Waals surface area (Å²) in [5.41, 5.74) is 2.88. The molecule has 2 saturated heterocycles. The maximum absolute atomic E-state index is 12.9. The van der Waals surface area contributed by atoms with Crippen molar-refractivity contribution in [3.05, 3.63) is 35.1 Å². The van der Waals surface area contributed by atoms with Gasteiger partial charge in [-0.25, -0.2) is 0 Å². The topological polar surface area (TPSA) is 48.7 Å². The van der Waals surface area contributed by atoms with Crippen molar-refractivity contribution >= 4 is 16.9 Å². The van der Waals surface area contributed by atoms with Crippen LogP contribution in [-0.2, 0) is 0 Å². The molecule has 0 bridgehead atoms. The molecule has 0 radical (unpaired) electrons. The van der Waals surface area contributed by atoms with Gasteiger partial charge >= 0.3 is 0 Å². The number of piperidine rings is 2. The minimum Gasteiger partial charge on any atom is -0.451 e. The van der Waals surface area contributed by atoms with E-state index in [9.17, 15) is 4.79 Å². The molecular formula is C22H31N3O2. The zero-order valence-electron chi connectivity index (χ0n) is 16.8. The van der Waals surface area contributed by atoms with Gasteiger partial charge in [-0.15, -0.1) is 0 Å². The minimum atomic E-state index is -0.0726. The predicted molar refractivity (Wildman–Crippen MR) is 108 cm³/mol. The third kappa shape index (κ3) is 3.90. The van der Waals surface area contributed by atoms with E-state index < -0.39 is 0 Å². The molecule has 0 spiro atoms. The molecule has 5 nitrogen and oxygen atoms in total. The van der Waals surface area contributed by atoms with Gasteiger partial charge in [0.2, 0.25) is 0 Å². The van der Waals surface area contributed by atoms with E-state index in [-0.39, 0.29) is 11.9 Å². The van der Waals surface area contributed by atoms with Crippen LogP contribution in [0.4, 0.5) is 0 Å². The highest BCUT2D eigenvalue weighted by Gasteiger charge is 2.29.